The Kier molecular flexibility index (Phi) is 7.64. The first-order valence-electron chi connectivity index (χ1n) is 9.94. The summed E-state index contributed by atoms with van der Waals surface area (Å²) in [7, 11) is 1.59. The van der Waals surface area contributed by atoms with Crippen LogP contribution in [0.1, 0.15) is 6.92 Å². The topological polar surface area (TPSA) is 91.7 Å². The molecule has 2 aromatic carbocycles. The summed E-state index contributed by atoms with van der Waals surface area (Å²) in [6.45, 7) is 2.80. The van der Waals surface area contributed by atoms with Gasteiger partial charge in [0.2, 0.25) is 0 Å². The van der Waals surface area contributed by atoms with Gasteiger partial charge in [-0.3, -0.25) is 9.59 Å². The monoisotopic (exact) mass is 423 g/mol. The molecule has 0 fully saturated rings. The maximum Gasteiger partial charge on any atom is 0.266 e. The van der Waals surface area contributed by atoms with Crippen LogP contribution < -0.4 is 25.1 Å². The van der Waals surface area contributed by atoms with Gasteiger partial charge in [-0.25, -0.2) is 4.68 Å². The van der Waals surface area contributed by atoms with Gasteiger partial charge < -0.3 is 19.5 Å². The second-order valence-electron chi connectivity index (χ2n) is 6.56. The highest BCUT2D eigenvalue weighted by molar-refractivity contribution is 5.77. The Balaban J connectivity index is 1.53. The van der Waals surface area contributed by atoms with Crippen molar-refractivity contribution in [3.8, 4) is 28.5 Å². The van der Waals surface area contributed by atoms with E-state index in [1.807, 2.05) is 37.3 Å². The average Bonchev–Trinajstić information content (AvgIpc) is 2.79. The molecule has 1 N–H and O–H groups in total. The predicted octanol–water partition coefficient (Wildman–Crippen LogP) is 2.51. The molecule has 0 atom stereocenters. The molecule has 8 nitrogen and oxygen atoms in total. The minimum atomic E-state index is -0.293. The van der Waals surface area contributed by atoms with Crippen molar-refractivity contribution in [2.75, 3.05) is 26.9 Å². The van der Waals surface area contributed by atoms with E-state index in [2.05, 4.69) is 10.4 Å². The third kappa shape index (κ3) is 6.33. The molecule has 0 aliphatic rings. The van der Waals surface area contributed by atoms with Crippen molar-refractivity contribution in [2.24, 2.45) is 0 Å². The zero-order valence-corrected chi connectivity index (χ0v) is 17.5. The molecule has 3 rings (SSSR count). The van der Waals surface area contributed by atoms with E-state index >= 15 is 0 Å². The molecule has 3 aromatic rings. The lowest BCUT2D eigenvalue weighted by Gasteiger charge is -2.10. The molecular weight excluding hydrogens is 398 g/mol. The first-order chi connectivity index (χ1) is 15.1. The highest BCUT2D eigenvalue weighted by Crippen LogP contribution is 2.21. The summed E-state index contributed by atoms with van der Waals surface area (Å²) in [5, 5.41) is 7.12. The molecule has 1 heterocycles. The smallest absolute Gasteiger partial charge is 0.266 e. The first-order valence-corrected chi connectivity index (χ1v) is 9.94. The fraction of sp³-hybridized carbons (Fsp3) is 0.261. The van der Waals surface area contributed by atoms with Crippen LogP contribution in [0.4, 0.5) is 0 Å². The third-order valence-electron chi connectivity index (χ3n) is 4.36. The Hall–Kier alpha value is -3.81. The number of amides is 1. The van der Waals surface area contributed by atoms with Crippen molar-refractivity contribution >= 4 is 5.91 Å². The second kappa shape index (κ2) is 10.8. The van der Waals surface area contributed by atoms with Crippen molar-refractivity contribution in [3.05, 3.63) is 71.0 Å². The van der Waals surface area contributed by atoms with Gasteiger partial charge in [-0.2, -0.15) is 5.10 Å². The molecule has 0 saturated heterocycles. The Labute approximate surface area is 180 Å². The Morgan fingerprint density at radius 2 is 1.74 bits per heavy atom. The number of nitrogens with zero attached hydrogens (tertiary/aromatic N) is 2. The van der Waals surface area contributed by atoms with Gasteiger partial charge in [-0.15, -0.1) is 0 Å². The summed E-state index contributed by atoms with van der Waals surface area (Å²) in [6.07, 6.45) is 0. The molecule has 0 radical (unpaired) electrons. The number of nitrogens with one attached hydrogen (secondary N) is 1. The molecular formula is C23H25N3O5. The van der Waals surface area contributed by atoms with Crippen molar-refractivity contribution in [1.82, 2.24) is 15.1 Å². The standard InChI is InChI=1S/C23H25N3O5/c1-3-30-19-8-5-9-20(15-19)31-16-22(27)24-12-13-26-23(28)11-10-21(25-26)17-6-4-7-18(14-17)29-2/h4-11,14-15H,3,12-13,16H2,1-2H3,(H,24,27). The van der Waals surface area contributed by atoms with Crippen molar-refractivity contribution in [2.45, 2.75) is 13.5 Å². The molecule has 162 valence electrons. The molecule has 0 bridgehead atoms. The Bertz CT molecular complexity index is 1080. The summed E-state index contributed by atoms with van der Waals surface area (Å²) >= 11 is 0. The lowest BCUT2D eigenvalue weighted by Crippen LogP contribution is -2.34. The van der Waals surface area contributed by atoms with Crippen LogP contribution in [0.2, 0.25) is 0 Å². The Morgan fingerprint density at radius 1 is 1.00 bits per heavy atom. The molecule has 0 aliphatic heterocycles. The van der Waals surface area contributed by atoms with E-state index in [0.717, 1.165) is 5.56 Å². The number of carbonyl (C=O) groups is 1. The van der Waals surface area contributed by atoms with Crippen LogP contribution in [0.15, 0.2) is 65.5 Å². The highest BCUT2D eigenvalue weighted by Gasteiger charge is 2.07. The van der Waals surface area contributed by atoms with E-state index in [-0.39, 0.29) is 31.2 Å². The quantitative estimate of drug-likeness (QED) is 0.539. The Morgan fingerprint density at radius 3 is 2.52 bits per heavy atom. The van der Waals surface area contributed by atoms with Gasteiger partial charge in [0.15, 0.2) is 6.61 Å². The van der Waals surface area contributed by atoms with Crippen LogP contribution in [-0.2, 0) is 11.3 Å². The summed E-state index contributed by atoms with van der Waals surface area (Å²) in [6, 6.07) is 17.6. The number of hydrogen-bond donors (Lipinski definition) is 1. The van der Waals surface area contributed by atoms with E-state index in [1.54, 1.807) is 31.4 Å². The van der Waals surface area contributed by atoms with Gasteiger partial charge in [-0.1, -0.05) is 18.2 Å². The summed E-state index contributed by atoms with van der Waals surface area (Å²) < 4.78 is 17.5. The van der Waals surface area contributed by atoms with E-state index < -0.39 is 0 Å². The van der Waals surface area contributed by atoms with Crippen LogP contribution in [0, 0.1) is 0 Å². The fourth-order valence-corrected chi connectivity index (χ4v) is 2.87. The van der Waals surface area contributed by atoms with Gasteiger partial charge in [0, 0.05) is 24.2 Å². The normalized spacial score (nSPS) is 10.4. The first kappa shape index (κ1) is 21.9. The maximum atomic E-state index is 12.1. The minimum Gasteiger partial charge on any atom is -0.497 e. The van der Waals surface area contributed by atoms with Crippen LogP contribution in [0.5, 0.6) is 17.2 Å². The molecule has 0 aliphatic carbocycles. The number of ether oxygens (including phenoxy) is 3. The van der Waals surface area contributed by atoms with Crippen molar-refractivity contribution in [3.63, 3.8) is 0 Å². The number of rotatable bonds is 10. The van der Waals surface area contributed by atoms with Crippen LogP contribution >= 0.6 is 0 Å². The number of carbonyl (C=O) groups excluding carboxylic acids is 1. The number of benzene rings is 2. The van der Waals surface area contributed by atoms with E-state index in [0.29, 0.717) is 29.5 Å². The van der Waals surface area contributed by atoms with Crippen molar-refractivity contribution in [1.29, 1.82) is 0 Å². The molecule has 0 saturated carbocycles. The number of methoxy groups -OCH3 is 1. The van der Waals surface area contributed by atoms with Gasteiger partial charge in [0.25, 0.3) is 11.5 Å². The molecule has 1 amide bonds. The van der Waals surface area contributed by atoms with Gasteiger partial charge in [0.05, 0.1) is 26.0 Å². The van der Waals surface area contributed by atoms with Crippen LogP contribution in [-0.4, -0.2) is 42.6 Å². The SMILES string of the molecule is CCOc1cccc(OCC(=O)NCCn2nc(-c3cccc(OC)c3)ccc2=O)c1. The summed E-state index contributed by atoms with van der Waals surface area (Å²) in [4.78, 5) is 24.2. The summed E-state index contributed by atoms with van der Waals surface area (Å²) in [5.41, 5.74) is 1.23. The van der Waals surface area contributed by atoms with E-state index in [4.69, 9.17) is 14.2 Å². The molecule has 8 heteroatoms. The lowest BCUT2D eigenvalue weighted by molar-refractivity contribution is -0.123. The van der Waals surface area contributed by atoms with Gasteiger partial charge in [-0.05, 0) is 37.3 Å². The molecule has 31 heavy (non-hydrogen) atoms. The van der Waals surface area contributed by atoms with Crippen LogP contribution in [0.25, 0.3) is 11.3 Å². The second-order valence-corrected chi connectivity index (χ2v) is 6.56. The molecule has 0 spiro atoms. The van der Waals surface area contributed by atoms with Gasteiger partial charge >= 0.3 is 0 Å². The average molecular weight is 423 g/mol. The largest absolute Gasteiger partial charge is 0.497 e. The van der Waals surface area contributed by atoms with Crippen LogP contribution in [0.3, 0.4) is 0 Å². The number of hydrogen-bond acceptors (Lipinski definition) is 6. The maximum absolute atomic E-state index is 12.1. The van der Waals surface area contributed by atoms with E-state index in [9.17, 15) is 9.59 Å². The zero-order valence-electron chi connectivity index (χ0n) is 17.5. The predicted molar refractivity (Wildman–Crippen MR) is 117 cm³/mol. The minimum absolute atomic E-state index is 0.137. The highest BCUT2D eigenvalue weighted by atomic mass is 16.5. The molecule has 0 unspecified atom stereocenters. The van der Waals surface area contributed by atoms with Gasteiger partial charge in [0.1, 0.15) is 17.2 Å². The third-order valence-corrected chi connectivity index (χ3v) is 4.36. The fourth-order valence-electron chi connectivity index (χ4n) is 2.87. The molecule has 1 aromatic heterocycles. The summed E-state index contributed by atoms with van der Waals surface area (Å²) in [5.74, 6) is 1.64. The lowest BCUT2D eigenvalue weighted by atomic mass is 10.1. The van der Waals surface area contributed by atoms with Crippen molar-refractivity contribution < 1.29 is 19.0 Å². The number of aromatic nitrogens is 2. The zero-order chi connectivity index (χ0) is 22.1. The van der Waals surface area contributed by atoms with E-state index in [1.165, 1.54) is 10.7 Å².